The summed E-state index contributed by atoms with van der Waals surface area (Å²) in [4.78, 5) is 16.2. The van der Waals surface area contributed by atoms with Gasteiger partial charge in [0.15, 0.2) is 5.82 Å². The van der Waals surface area contributed by atoms with Crippen molar-refractivity contribution in [3.8, 4) is 22.8 Å². The molecule has 0 spiro atoms. The maximum Gasteiger partial charge on any atom is 0.169 e. The van der Waals surface area contributed by atoms with Crippen LogP contribution in [0.2, 0.25) is 0 Å². The maximum absolute atomic E-state index is 8.57. The molecule has 2 aromatic carbocycles. The van der Waals surface area contributed by atoms with Crippen LogP contribution in [0.15, 0.2) is 49.3 Å². The van der Waals surface area contributed by atoms with Crippen molar-refractivity contribution in [3.05, 3.63) is 60.7 Å². The first-order valence-electron chi connectivity index (χ1n) is 9.38. The number of para-hydroxylation sites is 1. The number of carbonyl (C=O) groups excluding carboxylic acids is 1. The number of aryl methyl sites for hydroxylation is 2. The zero-order valence-corrected chi connectivity index (χ0v) is 17.6. The Morgan fingerprint density at radius 3 is 2.63 bits per heavy atom. The second kappa shape index (κ2) is 10.7. The van der Waals surface area contributed by atoms with Gasteiger partial charge in [-0.3, -0.25) is 4.57 Å². The highest BCUT2D eigenvalue weighted by atomic mass is 16.5. The molecule has 3 N–H and O–H groups in total. The highest BCUT2D eigenvalue weighted by molar-refractivity contribution is 5.84. The molecule has 4 rings (SSSR count). The molecule has 0 unspecified atom stereocenters. The molecule has 0 atom stereocenters. The van der Waals surface area contributed by atoms with Crippen LogP contribution in [-0.2, 0) is 11.2 Å². The zero-order valence-electron chi connectivity index (χ0n) is 17.6. The average Bonchev–Trinajstić information content (AvgIpc) is 3.43. The van der Waals surface area contributed by atoms with Crippen LogP contribution in [0.4, 0.5) is 0 Å². The number of nitrogens with one attached hydrogen (secondary N) is 1. The number of benzene rings is 2. The number of methoxy groups -OCH3 is 1. The quantitative estimate of drug-likeness (QED) is 0.503. The summed E-state index contributed by atoms with van der Waals surface area (Å²) >= 11 is 0. The molecule has 0 aliphatic carbocycles. The van der Waals surface area contributed by atoms with Gasteiger partial charge in [0.1, 0.15) is 23.0 Å². The predicted molar refractivity (Wildman–Crippen MR) is 119 cm³/mol. The first-order valence-corrected chi connectivity index (χ1v) is 9.38. The van der Waals surface area contributed by atoms with Crippen molar-refractivity contribution in [1.29, 1.82) is 0 Å². The minimum absolute atomic E-state index is 0.775. The lowest BCUT2D eigenvalue weighted by molar-refractivity contribution is 0.415. The standard InChI is InChI=1S/C19H19N5O.C2H2O.CH5N/c1-4-17-22-23-19(14-10-13(25-3)9-8-12(14)2)24(17)16-7-5-6-15-18(16)21-11-20-15;1-2-3;1-2/h5-11H,4H2,1-3H3,(H,20,21);1H2;2H2,1H3. The lowest BCUT2D eigenvalue weighted by Crippen LogP contribution is -2.04. The van der Waals surface area contributed by atoms with E-state index in [-0.39, 0.29) is 0 Å². The van der Waals surface area contributed by atoms with Gasteiger partial charge in [-0.1, -0.05) is 19.1 Å². The van der Waals surface area contributed by atoms with Gasteiger partial charge >= 0.3 is 0 Å². The van der Waals surface area contributed by atoms with Gasteiger partial charge in [-0.2, -0.15) is 0 Å². The molecular weight excluding hydrogens is 380 g/mol. The van der Waals surface area contributed by atoms with E-state index < -0.39 is 0 Å². The number of fused-ring (bicyclic) bond motifs is 1. The van der Waals surface area contributed by atoms with Gasteiger partial charge < -0.3 is 15.5 Å². The van der Waals surface area contributed by atoms with Crippen molar-refractivity contribution in [2.24, 2.45) is 5.73 Å². The van der Waals surface area contributed by atoms with E-state index in [2.05, 4.69) is 50.9 Å². The molecule has 2 aromatic heterocycles. The highest BCUT2D eigenvalue weighted by Gasteiger charge is 2.19. The van der Waals surface area contributed by atoms with Crippen LogP contribution in [-0.4, -0.2) is 44.8 Å². The number of aromatic nitrogens is 5. The lowest BCUT2D eigenvalue weighted by Gasteiger charge is -2.13. The van der Waals surface area contributed by atoms with Gasteiger partial charge in [0.2, 0.25) is 0 Å². The third-order valence-corrected chi connectivity index (χ3v) is 4.40. The van der Waals surface area contributed by atoms with E-state index >= 15 is 0 Å². The molecule has 0 aliphatic heterocycles. The highest BCUT2D eigenvalue weighted by Crippen LogP contribution is 2.31. The molecule has 0 saturated heterocycles. The summed E-state index contributed by atoms with van der Waals surface area (Å²) in [5, 5.41) is 8.89. The van der Waals surface area contributed by atoms with Crippen molar-refractivity contribution < 1.29 is 9.53 Å². The van der Waals surface area contributed by atoms with Gasteiger partial charge in [0, 0.05) is 12.0 Å². The van der Waals surface area contributed by atoms with Gasteiger partial charge in [0.25, 0.3) is 0 Å². The molecule has 156 valence electrons. The van der Waals surface area contributed by atoms with E-state index in [9.17, 15) is 0 Å². The number of H-pyrrole nitrogens is 1. The average molecular weight is 406 g/mol. The number of imidazole rings is 1. The fourth-order valence-corrected chi connectivity index (χ4v) is 3.07. The Hall–Kier alpha value is -3.74. The summed E-state index contributed by atoms with van der Waals surface area (Å²) in [5.41, 5.74) is 9.48. The van der Waals surface area contributed by atoms with Crippen LogP contribution >= 0.6 is 0 Å². The van der Waals surface area contributed by atoms with Crippen LogP contribution in [0.25, 0.3) is 28.1 Å². The smallest absolute Gasteiger partial charge is 0.169 e. The molecule has 0 amide bonds. The van der Waals surface area contributed by atoms with Crippen LogP contribution in [0, 0.1) is 6.92 Å². The number of rotatable bonds is 4. The second-order valence-electron chi connectivity index (χ2n) is 6.03. The minimum Gasteiger partial charge on any atom is -0.497 e. The van der Waals surface area contributed by atoms with E-state index in [0.29, 0.717) is 0 Å². The topological polar surface area (TPSA) is 112 Å². The molecular formula is C22H26N6O2. The number of hydrogen-bond acceptors (Lipinski definition) is 6. The Kier molecular flexibility index (Phi) is 8.05. The molecule has 0 aliphatic rings. The first-order chi connectivity index (χ1) is 14.6. The fraction of sp³-hybridized carbons (Fsp3) is 0.227. The van der Waals surface area contributed by atoms with Crippen molar-refractivity contribution in [3.63, 3.8) is 0 Å². The second-order valence-corrected chi connectivity index (χ2v) is 6.03. The van der Waals surface area contributed by atoms with Gasteiger partial charge in [-0.15, -0.1) is 10.2 Å². The van der Waals surface area contributed by atoms with Crippen molar-refractivity contribution in [2.45, 2.75) is 20.3 Å². The van der Waals surface area contributed by atoms with Gasteiger partial charge in [0.05, 0.1) is 24.6 Å². The van der Waals surface area contributed by atoms with E-state index in [1.807, 2.05) is 36.4 Å². The number of ether oxygens (including phenoxy) is 1. The molecule has 2 heterocycles. The SMILES string of the molecule is C=C=O.CCc1nnc(-c2cc(OC)ccc2C)n1-c1cccc2[nH]cnc12.CN. The normalized spacial score (nSPS) is 9.77. The third kappa shape index (κ3) is 4.46. The Bertz CT molecular complexity index is 1140. The molecule has 4 aromatic rings. The minimum atomic E-state index is 0.775. The molecule has 0 saturated carbocycles. The number of nitrogens with zero attached hydrogens (tertiary/aromatic N) is 4. The summed E-state index contributed by atoms with van der Waals surface area (Å²) in [6.07, 6.45) is 2.48. The van der Waals surface area contributed by atoms with Gasteiger partial charge in [-0.25, -0.2) is 9.78 Å². The van der Waals surface area contributed by atoms with E-state index in [0.717, 1.165) is 51.7 Å². The van der Waals surface area contributed by atoms with E-state index in [1.54, 1.807) is 13.4 Å². The van der Waals surface area contributed by atoms with Crippen LogP contribution in [0.1, 0.15) is 18.3 Å². The Balaban J connectivity index is 0.000000590. The number of hydrogen-bond donors (Lipinski definition) is 2. The Morgan fingerprint density at radius 1 is 1.23 bits per heavy atom. The van der Waals surface area contributed by atoms with E-state index in [4.69, 9.17) is 9.53 Å². The molecule has 30 heavy (non-hydrogen) atoms. The number of aromatic amines is 1. The third-order valence-electron chi connectivity index (χ3n) is 4.40. The summed E-state index contributed by atoms with van der Waals surface area (Å²) in [6, 6.07) is 12.1. The Morgan fingerprint density at radius 2 is 1.97 bits per heavy atom. The number of nitrogens with two attached hydrogens (primary N) is 1. The van der Waals surface area contributed by atoms with Crippen LogP contribution in [0.5, 0.6) is 5.75 Å². The van der Waals surface area contributed by atoms with E-state index in [1.165, 1.54) is 13.0 Å². The van der Waals surface area contributed by atoms with Crippen LogP contribution in [0.3, 0.4) is 0 Å². The molecule has 0 radical (unpaired) electrons. The summed E-state index contributed by atoms with van der Waals surface area (Å²) in [5.74, 6) is 3.74. The largest absolute Gasteiger partial charge is 0.497 e. The van der Waals surface area contributed by atoms with Crippen molar-refractivity contribution in [2.75, 3.05) is 14.2 Å². The first kappa shape index (κ1) is 22.5. The molecule has 0 bridgehead atoms. The summed E-state index contributed by atoms with van der Waals surface area (Å²) in [7, 11) is 3.17. The van der Waals surface area contributed by atoms with Gasteiger partial charge in [-0.05, 0) is 50.4 Å². The lowest BCUT2D eigenvalue weighted by atomic mass is 10.1. The predicted octanol–water partition coefficient (Wildman–Crippen LogP) is 3.27. The fourth-order valence-electron chi connectivity index (χ4n) is 3.07. The monoisotopic (exact) mass is 406 g/mol. The molecule has 8 heteroatoms. The Labute approximate surface area is 175 Å². The van der Waals surface area contributed by atoms with Crippen molar-refractivity contribution in [1.82, 2.24) is 24.7 Å². The maximum atomic E-state index is 8.57. The summed E-state index contributed by atoms with van der Waals surface area (Å²) < 4.78 is 7.48. The molecule has 8 nitrogen and oxygen atoms in total. The summed E-state index contributed by atoms with van der Waals surface area (Å²) in [6.45, 7) is 6.82. The molecule has 0 fully saturated rings. The zero-order chi connectivity index (χ0) is 22.1. The van der Waals surface area contributed by atoms with Crippen molar-refractivity contribution >= 4 is 17.0 Å². The van der Waals surface area contributed by atoms with Crippen LogP contribution < -0.4 is 10.5 Å².